The molecule has 8 N–H and O–H groups in total. The second-order valence-corrected chi connectivity index (χ2v) is 19.4. The molecule has 4 saturated heterocycles. The first kappa shape index (κ1) is 43.3. The van der Waals surface area contributed by atoms with Crippen LogP contribution in [-0.2, 0) is 53.4 Å². The summed E-state index contributed by atoms with van der Waals surface area (Å²) in [6.45, 7) is 7.21. The zero-order valence-corrected chi connectivity index (χ0v) is 31.7. The van der Waals surface area contributed by atoms with Crippen molar-refractivity contribution in [2.24, 2.45) is 5.73 Å². The number of nitrogens with two attached hydrogens (primary N) is 1. The summed E-state index contributed by atoms with van der Waals surface area (Å²) in [6, 6.07) is 10.4. The average molecular weight is 803 g/mol. The third-order valence-electron chi connectivity index (χ3n) is 9.32. The molecular weight excluding hydrogens is 761 g/mol. The lowest BCUT2D eigenvalue weighted by atomic mass is 9.95. The Morgan fingerprint density at radius 1 is 0.962 bits per heavy atom. The van der Waals surface area contributed by atoms with Crippen molar-refractivity contribution in [1.82, 2.24) is 15.1 Å². The molecule has 0 aliphatic carbocycles. The normalized spacial score (nSPS) is 26.0. The largest absolute Gasteiger partial charge is 0.426 e. The highest BCUT2D eigenvalue weighted by Crippen LogP contribution is 2.51. The molecule has 53 heavy (non-hydrogen) atoms. The molecule has 3 amide bonds. The summed E-state index contributed by atoms with van der Waals surface area (Å²) in [5.41, 5.74) is 7.59. The fourth-order valence-corrected chi connectivity index (χ4v) is 10.6. The average Bonchev–Trinajstić information content (AvgIpc) is 3.38. The maximum absolute atomic E-state index is 13.0. The molecule has 0 aromatic heterocycles. The zero-order chi connectivity index (χ0) is 37.8. The third-order valence-corrected chi connectivity index (χ3v) is 14.6. The first-order chi connectivity index (χ1) is 23.6. The first-order valence-electron chi connectivity index (χ1n) is 15.6. The van der Waals surface area contributed by atoms with Gasteiger partial charge in [0.05, 0.1) is 16.1 Å². The summed E-state index contributed by atoms with van der Waals surface area (Å²) < 4.78 is 62.9. The SMILES string of the molecule is CC1(C)S[C@@H]2[C@H](NC(=O)[C@@H](N)c3ccccc3)C(=O)N2[C@H]1C(=O)OCOC(=O)C1N2C(=O)C[C@H]2S(=O)(=O)C1(C)C.Cc1ccc(S(=O)(=O)O)cc1.O.O. The van der Waals surface area contributed by atoms with Gasteiger partial charge in [-0.1, -0.05) is 48.0 Å². The molecule has 0 spiro atoms. The van der Waals surface area contributed by atoms with E-state index in [0.29, 0.717) is 5.56 Å². The van der Waals surface area contributed by atoms with Gasteiger partial charge in [-0.05, 0) is 52.3 Å². The van der Waals surface area contributed by atoms with Crippen LogP contribution in [0.1, 0.15) is 51.3 Å². The Labute approximate surface area is 310 Å². The number of nitrogens with one attached hydrogen (secondary N) is 1. The van der Waals surface area contributed by atoms with Gasteiger partial charge in [-0.15, -0.1) is 11.8 Å². The highest BCUT2D eigenvalue weighted by atomic mass is 32.2. The number of carbonyl (C=O) groups is 5. The van der Waals surface area contributed by atoms with Crippen LogP contribution in [0, 0.1) is 6.92 Å². The third kappa shape index (κ3) is 7.77. The zero-order valence-electron chi connectivity index (χ0n) is 29.2. The molecule has 0 radical (unpaired) electrons. The second kappa shape index (κ2) is 15.3. The molecule has 2 aromatic carbocycles. The lowest BCUT2D eigenvalue weighted by Crippen LogP contribution is -2.71. The van der Waals surface area contributed by atoms with E-state index >= 15 is 0 Å². The maximum Gasteiger partial charge on any atom is 0.333 e. The molecule has 2 aromatic rings. The van der Waals surface area contributed by atoms with E-state index in [0.717, 1.165) is 10.5 Å². The van der Waals surface area contributed by atoms with Crippen LogP contribution in [-0.4, -0.2) is 117 Å². The lowest BCUT2D eigenvalue weighted by molar-refractivity contribution is -0.181. The number of aryl methyl sites for hydroxylation is 1. The number of β-lactam (4-membered cyclic amide) rings is 2. The number of esters is 2. The number of thioether (sulfide) groups is 1. The standard InChI is InChI=1S/C25H30N4O9S2.C7H8O3S.2H2O/c1-24(2)17(29-20(32)16(21(29)39-24)27-19(31)15(26)12-8-6-5-7-9-12)22(33)37-11-38-23(34)18-25(3,4)40(35,36)14-10-13(30)28(14)18;1-6-2-4-7(5-3-6)11(8,9)10;;/h5-9,14-18,21H,10-11,26H2,1-4H3,(H,27,31);2-5H,1H3,(H,8,9,10);2*1H2/t14-,15+,16-,17+,18?,21-;;;/m1.../s1. The summed E-state index contributed by atoms with van der Waals surface area (Å²) in [7, 11) is -7.82. The fraction of sp³-hybridized carbons (Fsp3) is 0.469. The van der Waals surface area contributed by atoms with Crippen LogP contribution < -0.4 is 11.1 Å². The molecular formula is C32H42N4O14S3. The molecule has 4 heterocycles. The molecule has 4 aliphatic heterocycles. The number of hydrogen-bond acceptors (Lipinski definition) is 13. The maximum atomic E-state index is 13.0. The van der Waals surface area contributed by atoms with E-state index in [2.05, 4.69) is 5.32 Å². The van der Waals surface area contributed by atoms with Gasteiger partial charge in [0.2, 0.25) is 24.5 Å². The van der Waals surface area contributed by atoms with E-state index in [1.165, 1.54) is 42.6 Å². The summed E-state index contributed by atoms with van der Waals surface area (Å²) >= 11 is 1.31. The van der Waals surface area contributed by atoms with Crippen LogP contribution in [0.5, 0.6) is 0 Å². The first-order valence-corrected chi connectivity index (χ1v) is 19.5. The van der Waals surface area contributed by atoms with Crippen LogP contribution in [0.3, 0.4) is 0 Å². The number of fused-ring (bicyclic) bond motifs is 2. The van der Waals surface area contributed by atoms with Crippen molar-refractivity contribution in [3.8, 4) is 0 Å². The predicted molar refractivity (Wildman–Crippen MR) is 189 cm³/mol. The van der Waals surface area contributed by atoms with Gasteiger partial charge in [-0.2, -0.15) is 8.42 Å². The summed E-state index contributed by atoms with van der Waals surface area (Å²) in [5, 5.41) is 1.07. The van der Waals surface area contributed by atoms with Crippen molar-refractivity contribution in [2.75, 3.05) is 6.79 Å². The smallest absolute Gasteiger partial charge is 0.333 e. The molecule has 18 nitrogen and oxygen atoms in total. The van der Waals surface area contributed by atoms with Crippen molar-refractivity contribution in [3.05, 3.63) is 65.7 Å². The van der Waals surface area contributed by atoms with Crippen molar-refractivity contribution in [2.45, 2.75) is 90.3 Å². The second-order valence-electron chi connectivity index (χ2n) is 13.5. The molecule has 0 saturated carbocycles. The van der Waals surface area contributed by atoms with Crippen LogP contribution in [0.25, 0.3) is 0 Å². The highest BCUT2D eigenvalue weighted by Gasteiger charge is 2.68. The Kier molecular flexibility index (Phi) is 12.5. The topological polar surface area (TPSA) is 300 Å². The van der Waals surface area contributed by atoms with Crippen molar-refractivity contribution < 1.29 is 65.8 Å². The summed E-state index contributed by atoms with van der Waals surface area (Å²) in [5.74, 6) is -3.32. The number of benzene rings is 2. The molecule has 4 aliphatic rings. The van der Waals surface area contributed by atoms with Crippen LogP contribution >= 0.6 is 11.8 Å². The number of amides is 3. The molecule has 0 bridgehead atoms. The Hall–Kier alpha value is -4.12. The lowest BCUT2D eigenvalue weighted by Gasteiger charge is -2.44. The van der Waals surface area contributed by atoms with Crippen LogP contribution in [0.2, 0.25) is 0 Å². The van der Waals surface area contributed by atoms with Gasteiger partial charge in [0.15, 0.2) is 9.84 Å². The van der Waals surface area contributed by atoms with Gasteiger partial charge < -0.3 is 41.3 Å². The van der Waals surface area contributed by atoms with Gasteiger partial charge in [-0.25, -0.2) is 18.0 Å². The number of nitrogens with zero attached hydrogens (tertiary/aromatic N) is 2. The molecule has 21 heteroatoms. The van der Waals surface area contributed by atoms with Gasteiger partial charge in [0.25, 0.3) is 10.1 Å². The number of sulfone groups is 1. The molecule has 1 unspecified atom stereocenters. The van der Waals surface area contributed by atoms with Gasteiger partial charge >= 0.3 is 11.9 Å². The number of hydrogen-bond donors (Lipinski definition) is 3. The predicted octanol–water partition coefficient (Wildman–Crippen LogP) is -0.996. The Bertz CT molecular complexity index is 1970. The summed E-state index contributed by atoms with van der Waals surface area (Å²) in [6.07, 6.45) is -0.191. The van der Waals surface area contributed by atoms with E-state index in [9.17, 15) is 40.8 Å². The number of carbonyl (C=O) groups excluding carboxylic acids is 5. The van der Waals surface area contributed by atoms with Crippen LogP contribution in [0.4, 0.5) is 0 Å². The van der Waals surface area contributed by atoms with E-state index in [1.54, 1.807) is 56.3 Å². The minimum Gasteiger partial charge on any atom is -0.426 e. The van der Waals surface area contributed by atoms with E-state index in [1.807, 2.05) is 6.92 Å². The van der Waals surface area contributed by atoms with Gasteiger partial charge in [0.1, 0.15) is 34.9 Å². The molecule has 6 rings (SSSR count). The molecule has 6 atom stereocenters. The number of ether oxygens (including phenoxy) is 2. The monoisotopic (exact) mass is 802 g/mol. The van der Waals surface area contributed by atoms with E-state index < -0.39 is 101 Å². The van der Waals surface area contributed by atoms with E-state index in [-0.39, 0.29) is 22.3 Å². The molecule has 4 fully saturated rings. The van der Waals surface area contributed by atoms with Crippen LogP contribution in [0.15, 0.2) is 59.5 Å². The van der Waals surface area contributed by atoms with Crippen molar-refractivity contribution >= 4 is 61.4 Å². The van der Waals surface area contributed by atoms with Gasteiger partial charge in [-0.3, -0.25) is 18.9 Å². The Morgan fingerprint density at radius 2 is 1.51 bits per heavy atom. The number of rotatable bonds is 8. The van der Waals surface area contributed by atoms with Crippen molar-refractivity contribution in [3.63, 3.8) is 0 Å². The van der Waals surface area contributed by atoms with Crippen molar-refractivity contribution in [1.29, 1.82) is 0 Å². The minimum atomic E-state index is -4.02. The van der Waals surface area contributed by atoms with E-state index in [4.69, 9.17) is 19.8 Å². The Morgan fingerprint density at radius 3 is 2.04 bits per heavy atom. The molecule has 292 valence electrons. The highest BCUT2D eigenvalue weighted by molar-refractivity contribution is 8.01. The Balaban J connectivity index is 0.000000501. The quantitative estimate of drug-likeness (QED) is 0.125. The fourth-order valence-electron chi connectivity index (χ4n) is 6.40. The summed E-state index contributed by atoms with van der Waals surface area (Å²) in [4.78, 5) is 65.8. The van der Waals surface area contributed by atoms with Gasteiger partial charge in [0, 0.05) is 4.75 Å². The minimum absolute atomic E-state index is 0.